The molecule has 0 saturated heterocycles. The topological polar surface area (TPSA) is 114 Å². The molecule has 0 fully saturated rings. The highest BCUT2D eigenvalue weighted by molar-refractivity contribution is 7.97. The number of aryl methyl sites for hydroxylation is 1. The van der Waals surface area contributed by atoms with Crippen molar-refractivity contribution < 1.29 is 9.90 Å². The molecule has 0 aliphatic heterocycles. The largest absolute Gasteiger partial charge is 0.481 e. The number of nitrogens with zero attached hydrogens (tertiary/aromatic N) is 1. The highest BCUT2D eigenvalue weighted by Crippen LogP contribution is 2.26. The van der Waals surface area contributed by atoms with E-state index in [-0.39, 0.29) is 0 Å². The van der Waals surface area contributed by atoms with Crippen LogP contribution in [-0.2, 0) is 11.2 Å². The van der Waals surface area contributed by atoms with Crippen molar-refractivity contribution in [1.29, 1.82) is 0 Å². The number of carbonyl (C=O) groups is 1. The Kier molecular flexibility index (Phi) is 9.30. The second-order valence-corrected chi connectivity index (χ2v) is 6.40. The molecule has 2 rings (SSSR count). The number of carboxylic acid groups (broad SMARTS) is 1. The van der Waals surface area contributed by atoms with Crippen molar-refractivity contribution in [3.8, 4) is 11.3 Å². The van der Waals surface area contributed by atoms with E-state index in [1.165, 1.54) is 22.5 Å². The van der Waals surface area contributed by atoms with E-state index in [4.69, 9.17) is 21.4 Å². The second-order valence-electron chi connectivity index (χ2n) is 4.53. The van der Waals surface area contributed by atoms with Crippen LogP contribution < -0.4 is 16.2 Å². The van der Waals surface area contributed by atoms with E-state index in [2.05, 4.69) is 27.9 Å². The third kappa shape index (κ3) is 7.98. The highest BCUT2D eigenvalue weighted by Gasteiger charge is 2.07. The van der Waals surface area contributed by atoms with Crippen molar-refractivity contribution in [3.05, 3.63) is 35.2 Å². The Bertz CT molecular complexity index is 601. The Morgan fingerprint density at radius 3 is 2.74 bits per heavy atom. The van der Waals surface area contributed by atoms with Gasteiger partial charge in [0.1, 0.15) is 0 Å². The van der Waals surface area contributed by atoms with Crippen LogP contribution in [0.1, 0.15) is 12.5 Å². The number of nitrogen functional groups attached to an aromatic ring is 1. The van der Waals surface area contributed by atoms with E-state index in [1.807, 2.05) is 11.4 Å². The minimum atomic E-state index is -0.833. The van der Waals surface area contributed by atoms with Crippen molar-refractivity contribution in [2.24, 2.45) is 5.73 Å². The van der Waals surface area contributed by atoms with E-state index in [0.29, 0.717) is 11.7 Å². The molecule has 126 valence electrons. The molecule has 0 atom stereocenters. The molecule has 1 aromatic carbocycles. The zero-order chi connectivity index (χ0) is 17.1. The first-order valence-electron chi connectivity index (χ1n) is 7.08. The van der Waals surface area contributed by atoms with Gasteiger partial charge in [0.25, 0.3) is 5.97 Å². The summed E-state index contributed by atoms with van der Waals surface area (Å²) in [6, 6.07) is 8.34. The summed E-state index contributed by atoms with van der Waals surface area (Å²) in [4.78, 5) is 13.4. The summed E-state index contributed by atoms with van der Waals surface area (Å²) in [5.74, 6) is 0.177. The standard InChI is InChI=1S/C13H18N4S2.C2H4O2/c14-6-7-16-19-8-5-10-3-1-2-4-11(10)12-9-18-13(15)17-12;1-2(3)4/h1-4,9,16H,5-8,14H2,(H2,15,17);1H3,(H,3,4). The molecule has 0 radical (unpaired) electrons. The Labute approximate surface area is 144 Å². The van der Waals surface area contributed by atoms with Gasteiger partial charge in [-0.05, 0) is 12.0 Å². The molecule has 1 heterocycles. The van der Waals surface area contributed by atoms with Gasteiger partial charge in [-0.3, -0.25) is 9.52 Å². The number of aliphatic carboxylic acids is 1. The lowest BCUT2D eigenvalue weighted by molar-refractivity contribution is -0.134. The monoisotopic (exact) mass is 354 g/mol. The summed E-state index contributed by atoms with van der Waals surface area (Å²) >= 11 is 3.19. The third-order valence-corrected chi connectivity index (χ3v) is 4.13. The molecule has 2 aromatic rings. The zero-order valence-corrected chi connectivity index (χ0v) is 14.6. The number of thiazole rings is 1. The van der Waals surface area contributed by atoms with Gasteiger partial charge in [-0.1, -0.05) is 36.2 Å². The fourth-order valence-electron chi connectivity index (χ4n) is 1.76. The van der Waals surface area contributed by atoms with Crippen molar-refractivity contribution >= 4 is 34.4 Å². The molecule has 6 nitrogen and oxygen atoms in total. The van der Waals surface area contributed by atoms with E-state index in [9.17, 15) is 0 Å². The van der Waals surface area contributed by atoms with Gasteiger partial charge in [0.15, 0.2) is 5.13 Å². The van der Waals surface area contributed by atoms with Gasteiger partial charge in [0, 0.05) is 36.7 Å². The maximum Gasteiger partial charge on any atom is 0.300 e. The van der Waals surface area contributed by atoms with E-state index in [1.54, 1.807) is 11.9 Å². The third-order valence-electron chi connectivity index (χ3n) is 2.64. The summed E-state index contributed by atoms with van der Waals surface area (Å²) in [5.41, 5.74) is 14.6. The lowest BCUT2D eigenvalue weighted by Gasteiger charge is -2.07. The van der Waals surface area contributed by atoms with E-state index < -0.39 is 5.97 Å². The first kappa shape index (κ1) is 19.4. The van der Waals surface area contributed by atoms with Crippen LogP contribution in [0.4, 0.5) is 5.13 Å². The van der Waals surface area contributed by atoms with Gasteiger partial charge in [-0.15, -0.1) is 11.3 Å². The number of aromatic nitrogens is 1. The molecule has 0 unspecified atom stereocenters. The number of anilines is 1. The zero-order valence-electron chi connectivity index (χ0n) is 13.0. The molecule has 1 aromatic heterocycles. The molecule has 0 aliphatic rings. The molecule has 0 spiro atoms. The summed E-state index contributed by atoms with van der Waals surface area (Å²) in [7, 11) is 0. The fourth-order valence-corrected chi connectivity index (χ4v) is 3.06. The second kappa shape index (κ2) is 11.0. The van der Waals surface area contributed by atoms with Crippen LogP contribution in [0, 0.1) is 0 Å². The van der Waals surface area contributed by atoms with Gasteiger partial charge >= 0.3 is 0 Å². The van der Waals surface area contributed by atoms with Crippen LogP contribution in [0.15, 0.2) is 29.6 Å². The number of nitrogens with one attached hydrogen (secondary N) is 1. The Morgan fingerprint density at radius 2 is 2.13 bits per heavy atom. The van der Waals surface area contributed by atoms with Gasteiger partial charge < -0.3 is 16.6 Å². The molecule has 6 N–H and O–H groups in total. The number of carboxylic acids is 1. The first-order chi connectivity index (χ1) is 11.0. The van der Waals surface area contributed by atoms with Crippen molar-refractivity contribution in [1.82, 2.24) is 9.71 Å². The van der Waals surface area contributed by atoms with Gasteiger partial charge in [-0.25, -0.2) is 4.98 Å². The summed E-state index contributed by atoms with van der Waals surface area (Å²) in [5, 5.41) is 10.0. The highest BCUT2D eigenvalue weighted by atomic mass is 32.2. The molecule has 0 bridgehead atoms. The number of hydrogen-bond acceptors (Lipinski definition) is 7. The van der Waals surface area contributed by atoms with Crippen LogP contribution in [0.3, 0.4) is 0 Å². The first-order valence-corrected chi connectivity index (χ1v) is 8.94. The average molecular weight is 355 g/mol. The van der Waals surface area contributed by atoms with Gasteiger partial charge in [0.2, 0.25) is 0 Å². The molecule has 23 heavy (non-hydrogen) atoms. The van der Waals surface area contributed by atoms with Crippen molar-refractivity contribution in [3.63, 3.8) is 0 Å². The Balaban J connectivity index is 0.000000593. The summed E-state index contributed by atoms with van der Waals surface area (Å²) in [6.07, 6.45) is 0.996. The van der Waals surface area contributed by atoms with Gasteiger partial charge in [0.05, 0.1) is 5.69 Å². The van der Waals surface area contributed by atoms with Crippen LogP contribution in [0.25, 0.3) is 11.3 Å². The summed E-state index contributed by atoms with van der Waals surface area (Å²) < 4.78 is 3.23. The predicted molar refractivity (Wildman–Crippen MR) is 98.5 cm³/mol. The molecule has 0 amide bonds. The van der Waals surface area contributed by atoms with Crippen molar-refractivity contribution in [2.75, 3.05) is 24.6 Å². The Hall–Kier alpha value is -1.61. The van der Waals surface area contributed by atoms with Crippen molar-refractivity contribution in [2.45, 2.75) is 13.3 Å². The van der Waals surface area contributed by atoms with E-state index in [0.717, 1.165) is 31.3 Å². The lowest BCUT2D eigenvalue weighted by Crippen LogP contribution is -2.16. The maximum atomic E-state index is 9.00. The Morgan fingerprint density at radius 1 is 1.43 bits per heavy atom. The SMILES string of the molecule is CC(=O)O.NCCNSCCc1ccccc1-c1csc(N)n1. The lowest BCUT2D eigenvalue weighted by atomic mass is 10.0. The predicted octanol–water partition coefficient (Wildman–Crippen LogP) is 2.22. The average Bonchev–Trinajstić information content (AvgIpc) is 2.93. The minimum Gasteiger partial charge on any atom is -0.481 e. The number of hydrogen-bond donors (Lipinski definition) is 4. The number of nitrogens with two attached hydrogens (primary N) is 2. The quantitative estimate of drug-likeness (QED) is 0.445. The smallest absolute Gasteiger partial charge is 0.300 e. The molecular formula is C15H22N4O2S2. The van der Waals surface area contributed by atoms with Crippen LogP contribution in [-0.4, -0.2) is 34.9 Å². The van der Waals surface area contributed by atoms with Gasteiger partial charge in [-0.2, -0.15) is 0 Å². The molecule has 0 saturated carbocycles. The minimum absolute atomic E-state index is 0.615. The number of rotatable bonds is 7. The normalized spacial score (nSPS) is 10.0. The van der Waals surface area contributed by atoms with E-state index >= 15 is 0 Å². The van der Waals surface area contributed by atoms with Crippen LogP contribution >= 0.6 is 23.3 Å². The van der Waals surface area contributed by atoms with Crippen LogP contribution in [0.2, 0.25) is 0 Å². The number of benzene rings is 1. The van der Waals surface area contributed by atoms with Crippen LogP contribution in [0.5, 0.6) is 0 Å². The fraction of sp³-hybridized carbons (Fsp3) is 0.333. The molecule has 8 heteroatoms. The molecule has 0 aliphatic carbocycles. The molecular weight excluding hydrogens is 332 g/mol. The maximum absolute atomic E-state index is 9.00. The summed E-state index contributed by atoms with van der Waals surface area (Å²) in [6.45, 7) is 2.59.